The number of hydrogen-bond acceptors (Lipinski definition) is 6. The summed E-state index contributed by atoms with van der Waals surface area (Å²) in [5.74, 6) is 1.12. The Balaban J connectivity index is 2.08. The fourth-order valence-corrected chi connectivity index (χ4v) is 4.50. The average Bonchev–Trinajstić information content (AvgIpc) is 3.09. The van der Waals surface area contributed by atoms with Crippen molar-refractivity contribution >= 4 is 22.9 Å². The van der Waals surface area contributed by atoms with Crippen LogP contribution in [0.4, 0.5) is 0 Å². The summed E-state index contributed by atoms with van der Waals surface area (Å²) in [6.07, 6.45) is 1.75. The maximum atomic E-state index is 12.5. The van der Waals surface area contributed by atoms with Crippen LogP contribution in [0.5, 0.6) is 0 Å². The normalized spacial score (nSPS) is 11.2. The molecule has 158 valence electrons. The second kappa shape index (κ2) is 8.88. The highest BCUT2D eigenvalue weighted by Gasteiger charge is 2.19. The van der Waals surface area contributed by atoms with Crippen molar-refractivity contribution in [1.29, 1.82) is 5.26 Å². The monoisotopic (exact) mass is 426 g/mol. The fourth-order valence-electron chi connectivity index (χ4n) is 3.47. The van der Waals surface area contributed by atoms with Crippen LogP contribution in [-0.2, 0) is 18.8 Å². The van der Waals surface area contributed by atoms with Crippen LogP contribution in [0.15, 0.2) is 14.6 Å². The molecule has 0 atom stereocenters. The Morgan fingerprint density at radius 3 is 2.47 bits per heavy atom. The SMILES string of the molecule is CCCCn1c(=O)[nH]c(=O)c2c1nc(CSc1nc(C)c(C)c(C)c1C#N)n2CC. The van der Waals surface area contributed by atoms with Crippen molar-refractivity contribution in [2.75, 3.05) is 0 Å². The predicted octanol–water partition coefficient (Wildman–Crippen LogP) is 3.19. The minimum Gasteiger partial charge on any atom is -0.322 e. The first-order valence-corrected chi connectivity index (χ1v) is 11.0. The van der Waals surface area contributed by atoms with E-state index >= 15 is 0 Å². The second-order valence-electron chi connectivity index (χ2n) is 7.24. The number of imidazole rings is 1. The van der Waals surface area contributed by atoms with Gasteiger partial charge in [0, 0.05) is 18.8 Å². The van der Waals surface area contributed by atoms with E-state index in [0.29, 0.717) is 46.4 Å². The summed E-state index contributed by atoms with van der Waals surface area (Å²) in [7, 11) is 0. The lowest BCUT2D eigenvalue weighted by Crippen LogP contribution is -2.31. The number of thioether (sulfide) groups is 1. The highest BCUT2D eigenvalue weighted by atomic mass is 32.2. The molecule has 0 saturated carbocycles. The Bertz CT molecular complexity index is 1260. The average molecular weight is 427 g/mol. The van der Waals surface area contributed by atoms with Crippen LogP contribution >= 0.6 is 11.8 Å². The zero-order valence-corrected chi connectivity index (χ0v) is 18.8. The molecule has 0 amide bonds. The molecule has 0 aliphatic carbocycles. The molecule has 0 aliphatic heterocycles. The number of unbranched alkanes of at least 4 members (excludes halogenated alkanes) is 1. The lowest BCUT2D eigenvalue weighted by atomic mass is 10.1. The van der Waals surface area contributed by atoms with Gasteiger partial charge in [0.2, 0.25) is 0 Å². The predicted molar refractivity (Wildman–Crippen MR) is 118 cm³/mol. The van der Waals surface area contributed by atoms with Crippen molar-refractivity contribution in [3.8, 4) is 6.07 Å². The number of H-pyrrole nitrogens is 1. The molecular weight excluding hydrogens is 400 g/mol. The van der Waals surface area contributed by atoms with E-state index in [9.17, 15) is 14.9 Å². The largest absolute Gasteiger partial charge is 0.330 e. The van der Waals surface area contributed by atoms with Crippen LogP contribution in [0.3, 0.4) is 0 Å². The van der Waals surface area contributed by atoms with Crippen molar-refractivity contribution in [2.24, 2.45) is 0 Å². The summed E-state index contributed by atoms with van der Waals surface area (Å²) in [6, 6.07) is 2.26. The first-order chi connectivity index (χ1) is 14.3. The third-order valence-electron chi connectivity index (χ3n) is 5.43. The van der Waals surface area contributed by atoms with Crippen LogP contribution in [0, 0.1) is 32.1 Å². The molecule has 0 spiro atoms. The lowest BCUT2D eigenvalue weighted by Gasteiger charge is -2.11. The van der Waals surface area contributed by atoms with Gasteiger partial charge in [-0.25, -0.2) is 14.8 Å². The standard InChI is InChI=1S/C21H26N6O2S/c1-6-8-9-27-18-17(19(28)25-21(27)29)26(7-2)16(24-18)11-30-20-15(10-22)13(4)12(3)14(5)23-20/h6-9,11H2,1-5H3,(H,25,28,29). The summed E-state index contributed by atoms with van der Waals surface area (Å²) in [5, 5.41) is 10.3. The molecule has 3 rings (SSSR count). The van der Waals surface area contributed by atoms with Gasteiger partial charge in [0.05, 0.1) is 11.3 Å². The van der Waals surface area contributed by atoms with Gasteiger partial charge in [-0.05, 0) is 45.2 Å². The number of aromatic amines is 1. The van der Waals surface area contributed by atoms with E-state index in [1.807, 2.05) is 39.2 Å². The molecule has 30 heavy (non-hydrogen) atoms. The third kappa shape index (κ3) is 3.79. The van der Waals surface area contributed by atoms with Crippen LogP contribution in [-0.4, -0.2) is 24.1 Å². The van der Waals surface area contributed by atoms with Crippen LogP contribution in [0.25, 0.3) is 11.2 Å². The van der Waals surface area contributed by atoms with E-state index in [2.05, 4.69) is 21.0 Å². The van der Waals surface area contributed by atoms with Crippen molar-refractivity contribution < 1.29 is 0 Å². The van der Waals surface area contributed by atoms with E-state index in [1.54, 1.807) is 4.57 Å². The third-order valence-corrected chi connectivity index (χ3v) is 6.40. The number of nitrogens with zero attached hydrogens (tertiary/aromatic N) is 5. The highest BCUT2D eigenvalue weighted by molar-refractivity contribution is 7.98. The molecule has 9 heteroatoms. The van der Waals surface area contributed by atoms with E-state index in [0.717, 1.165) is 29.7 Å². The number of fused-ring (bicyclic) bond motifs is 1. The van der Waals surface area contributed by atoms with Gasteiger partial charge in [0.25, 0.3) is 5.56 Å². The van der Waals surface area contributed by atoms with Crippen molar-refractivity contribution in [3.63, 3.8) is 0 Å². The lowest BCUT2D eigenvalue weighted by molar-refractivity contribution is 0.613. The molecule has 3 aromatic heterocycles. The van der Waals surface area contributed by atoms with E-state index in [-0.39, 0.29) is 0 Å². The summed E-state index contributed by atoms with van der Waals surface area (Å²) < 4.78 is 3.38. The van der Waals surface area contributed by atoms with Gasteiger partial charge in [-0.3, -0.25) is 14.3 Å². The topological polar surface area (TPSA) is 109 Å². The molecule has 0 bridgehead atoms. The first-order valence-electron chi connectivity index (χ1n) is 10.1. The summed E-state index contributed by atoms with van der Waals surface area (Å²) >= 11 is 1.42. The van der Waals surface area contributed by atoms with Crippen LogP contribution in [0.2, 0.25) is 0 Å². The number of pyridine rings is 1. The Morgan fingerprint density at radius 1 is 1.10 bits per heavy atom. The smallest absolute Gasteiger partial charge is 0.322 e. The van der Waals surface area contributed by atoms with Crippen molar-refractivity contribution in [2.45, 2.75) is 71.3 Å². The minimum atomic E-state index is -0.431. The molecule has 0 radical (unpaired) electrons. The zero-order chi connectivity index (χ0) is 22.0. The Morgan fingerprint density at radius 2 is 1.83 bits per heavy atom. The maximum absolute atomic E-state index is 12.5. The summed E-state index contributed by atoms with van der Waals surface area (Å²) in [5.41, 5.74) is 3.38. The van der Waals surface area contributed by atoms with Gasteiger partial charge in [-0.15, -0.1) is 0 Å². The molecule has 0 aromatic carbocycles. The quantitative estimate of drug-likeness (QED) is 0.581. The van der Waals surface area contributed by atoms with Gasteiger partial charge < -0.3 is 4.57 Å². The highest BCUT2D eigenvalue weighted by Crippen LogP contribution is 2.29. The molecule has 0 unspecified atom stereocenters. The molecule has 3 heterocycles. The minimum absolute atomic E-state index is 0.411. The number of hydrogen-bond donors (Lipinski definition) is 1. The van der Waals surface area contributed by atoms with Crippen LogP contribution in [0.1, 0.15) is 54.9 Å². The second-order valence-corrected chi connectivity index (χ2v) is 8.20. The molecule has 0 fully saturated rings. The maximum Gasteiger partial charge on any atom is 0.330 e. The Hall–Kier alpha value is -2.86. The Labute approximate surface area is 179 Å². The number of aromatic nitrogens is 5. The number of nitrogens with one attached hydrogen (secondary N) is 1. The number of nitriles is 1. The van der Waals surface area contributed by atoms with Crippen molar-refractivity contribution in [1.82, 2.24) is 24.1 Å². The zero-order valence-electron chi connectivity index (χ0n) is 18.0. The molecule has 0 saturated heterocycles. The first kappa shape index (κ1) is 21.8. The van der Waals surface area contributed by atoms with Gasteiger partial charge in [-0.1, -0.05) is 25.1 Å². The molecule has 1 N–H and O–H groups in total. The van der Waals surface area contributed by atoms with E-state index in [1.165, 1.54) is 11.8 Å². The van der Waals surface area contributed by atoms with E-state index < -0.39 is 11.2 Å². The van der Waals surface area contributed by atoms with Crippen molar-refractivity contribution in [3.05, 3.63) is 49.0 Å². The fraction of sp³-hybridized carbons (Fsp3) is 0.476. The molecule has 8 nitrogen and oxygen atoms in total. The van der Waals surface area contributed by atoms with E-state index in [4.69, 9.17) is 0 Å². The summed E-state index contributed by atoms with van der Waals surface area (Å²) in [6.45, 7) is 10.9. The number of aryl methyl sites for hydroxylation is 3. The van der Waals surface area contributed by atoms with Gasteiger partial charge in [-0.2, -0.15) is 5.26 Å². The number of rotatable bonds is 7. The summed E-state index contributed by atoms with van der Waals surface area (Å²) in [4.78, 5) is 36.6. The van der Waals surface area contributed by atoms with Crippen LogP contribution < -0.4 is 11.2 Å². The Kier molecular flexibility index (Phi) is 6.46. The molecular formula is C21H26N6O2S. The molecule has 3 aromatic rings. The van der Waals surface area contributed by atoms with Gasteiger partial charge in [0.15, 0.2) is 11.2 Å². The van der Waals surface area contributed by atoms with Gasteiger partial charge in [0.1, 0.15) is 16.9 Å². The van der Waals surface area contributed by atoms with Gasteiger partial charge >= 0.3 is 5.69 Å². The molecule has 0 aliphatic rings.